The number of hydrogen-bond donors (Lipinski definition) is 2. The van der Waals surface area contributed by atoms with Crippen LogP contribution in [0.15, 0.2) is 54.6 Å². The molecule has 0 saturated carbocycles. The van der Waals surface area contributed by atoms with Gasteiger partial charge in [-0.2, -0.15) is 0 Å². The molecule has 0 heterocycles. The fraction of sp³-hybridized carbons (Fsp3) is 0.250. The van der Waals surface area contributed by atoms with E-state index in [0.717, 1.165) is 17.7 Å². The zero-order valence-corrected chi connectivity index (χ0v) is 11.6. The molecular formula is C16H18N2O3. The molecule has 0 aliphatic heterocycles. The molecule has 5 nitrogen and oxygen atoms in total. The second kappa shape index (κ2) is 7.40. The first-order valence-corrected chi connectivity index (χ1v) is 6.87. The van der Waals surface area contributed by atoms with Crippen molar-refractivity contribution in [3.8, 4) is 0 Å². The highest BCUT2D eigenvalue weighted by molar-refractivity contribution is 5.50. The summed E-state index contributed by atoms with van der Waals surface area (Å²) >= 11 is 0. The predicted molar refractivity (Wildman–Crippen MR) is 82.2 cm³/mol. The van der Waals surface area contributed by atoms with Crippen LogP contribution in [0.3, 0.4) is 0 Å². The smallest absolute Gasteiger partial charge is 0.269 e. The third-order valence-electron chi connectivity index (χ3n) is 3.27. The van der Waals surface area contributed by atoms with Crippen LogP contribution in [-0.4, -0.2) is 16.6 Å². The molecule has 0 spiro atoms. The molecule has 0 amide bonds. The van der Waals surface area contributed by atoms with Crippen molar-refractivity contribution >= 4 is 11.4 Å². The number of rotatable bonds is 7. The third-order valence-corrected chi connectivity index (χ3v) is 3.27. The molecule has 110 valence electrons. The number of benzene rings is 2. The van der Waals surface area contributed by atoms with E-state index in [2.05, 4.69) is 5.32 Å². The first-order chi connectivity index (χ1) is 10.2. The molecule has 0 aromatic heterocycles. The first kappa shape index (κ1) is 15.0. The lowest BCUT2D eigenvalue weighted by molar-refractivity contribution is -0.384. The number of hydrogen-bond acceptors (Lipinski definition) is 4. The normalized spacial score (nSPS) is 11.9. The summed E-state index contributed by atoms with van der Waals surface area (Å²) in [5.74, 6) is 0. The number of nitrogens with one attached hydrogen (secondary N) is 1. The summed E-state index contributed by atoms with van der Waals surface area (Å²) < 4.78 is 0. The van der Waals surface area contributed by atoms with E-state index in [1.54, 1.807) is 12.1 Å². The summed E-state index contributed by atoms with van der Waals surface area (Å²) in [5, 5.41) is 23.0. The van der Waals surface area contributed by atoms with E-state index in [0.29, 0.717) is 6.42 Å². The molecule has 2 N–H and O–H groups in total. The van der Waals surface area contributed by atoms with E-state index in [1.165, 1.54) is 12.1 Å². The Morgan fingerprint density at radius 2 is 1.76 bits per heavy atom. The molecule has 2 rings (SSSR count). The van der Waals surface area contributed by atoms with Crippen LogP contribution in [0.4, 0.5) is 11.4 Å². The highest BCUT2D eigenvalue weighted by Crippen LogP contribution is 2.25. The van der Waals surface area contributed by atoms with E-state index in [-0.39, 0.29) is 18.3 Å². The Morgan fingerprint density at radius 1 is 1.10 bits per heavy atom. The number of nitrogens with zero attached hydrogens (tertiary/aromatic N) is 1. The van der Waals surface area contributed by atoms with E-state index in [9.17, 15) is 10.1 Å². The van der Waals surface area contributed by atoms with Crippen molar-refractivity contribution in [3.05, 3.63) is 70.3 Å². The fourth-order valence-electron chi connectivity index (χ4n) is 2.18. The van der Waals surface area contributed by atoms with Crippen molar-refractivity contribution in [3.63, 3.8) is 0 Å². The van der Waals surface area contributed by atoms with Crippen molar-refractivity contribution < 1.29 is 10.0 Å². The predicted octanol–water partition coefficient (Wildman–Crippen LogP) is 3.52. The van der Waals surface area contributed by atoms with Gasteiger partial charge < -0.3 is 10.4 Å². The maximum atomic E-state index is 10.7. The molecule has 0 bridgehead atoms. The molecule has 0 unspecified atom stereocenters. The minimum absolute atomic E-state index is 0.0693. The number of non-ortho nitro benzene ring substituents is 1. The number of aliphatic hydroxyl groups is 1. The van der Waals surface area contributed by atoms with Crippen molar-refractivity contribution in [2.45, 2.75) is 18.9 Å². The van der Waals surface area contributed by atoms with E-state index in [4.69, 9.17) is 5.11 Å². The van der Waals surface area contributed by atoms with Gasteiger partial charge in [0.05, 0.1) is 11.0 Å². The standard InChI is InChI=1S/C16H18N2O3/c19-12-4-7-16(13-5-2-1-3-6-13)17-14-8-10-15(11-9-14)18(20)21/h1-3,5-6,8-11,16-17,19H,4,7,12H2/t16-/m1/s1. The van der Waals surface area contributed by atoms with Gasteiger partial charge in [0.15, 0.2) is 0 Å². The fourth-order valence-corrected chi connectivity index (χ4v) is 2.18. The molecule has 0 radical (unpaired) electrons. The van der Waals surface area contributed by atoms with Crippen LogP contribution < -0.4 is 5.32 Å². The second-order valence-electron chi connectivity index (χ2n) is 4.78. The largest absolute Gasteiger partial charge is 0.396 e. The van der Waals surface area contributed by atoms with E-state index in [1.807, 2.05) is 30.3 Å². The third kappa shape index (κ3) is 4.29. The average Bonchev–Trinajstić information content (AvgIpc) is 2.52. The zero-order chi connectivity index (χ0) is 15.1. The van der Waals surface area contributed by atoms with Gasteiger partial charge in [-0.05, 0) is 30.5 Å². The molecule has 2 aromatic rings. The highest BCUT2D eigenvalue weighted by Gasteiger charge is 2.11. The van der Waals surface area contributed by atoms with E-state index >= 15 is 0 Å². The van der Waals surface area contributed by atoms with Crippen molar-refractivity contribution in [2.24, 2.45) is 0 Å². The van der Waals surface area contributed by atoms with Gasteiger partial charge in [0.25, 0.3) is 5.69 Å². The molecule has 1 atom stereocenters. The molecule has 0 saturated heterocycles. The Kier molecular flexibility index (Phi) is 5.29. The molecular weight excluding hydrogens is 268 g/mol. The minimum atomic E-state index is -0.412. The van der Waals surface area contributed by atoms with Gasteiger partial charge in [0, 0.05) is 24.4 Å². The van der Waals surface area contributed by atoms with Gasteiger partial charge in [0.1, 0.15) is 0 Å². The Balaban J connectivity index is 2.12. The van der Waals surface area contributed by atoms with Crippen LogP contribution in [0.1, 0.15) is 24.4 Å². The van der Waals surface area contributed by atoms with Crippen molar-refractivity contribution in [2.75, 3.05) is 11.9 Å². The van der Waals surface area contributed by atoms with Gasteiger partial charge in [0.2, 0.25) is 0 Å². The topological polar surface area (TPSA) is 75.4 Å². The highest BCUT2D eigenvalue weighted by atomic mass is 16.6. The number of nitro benzene ring substituents is 1. The maximum absolute atomic E-state index is 10.7. The van der Waals surface area contributed by atoms with Crippen molar-refractivity contribution in [1.29, 1.82) is 0 Å². The quantitative estimate of drug-likeness (QED) is 0.603. The lowest BCUT2D eigenvalue weighted by Gasteiger charge is -2.20. The van der Waals surface area contributed by atoms with Crippen LogP contribution in [0.2, 0.25) is 0 Å². The summed E-state index contributed by atoms with van der Waals surface area (Å²) in [6.07, 6.45) is 1.48. The number of nitro groups is 1. The number of anilines is 1. The first-order valence-electron chi connectivity index (χ1n) is 6.87. The van der Waals surface area contributed by atoms with Crippen LogP contribution in [-0.2, 0) is 0 Å². The lowest BCUT2D eigenvalue weighted by atomic mass is 10.0. The molecule has 5 heteroatoms. The van der Waals surface area contributed by atoms with Crippen molar-refractivity contribution in [1.82, 2.24) is 0 Å². The second-order valence-corrected chi connectivity index (χ2v) is 4.78. The van der Waals surface area contributed by atoms with Crippen LogP contribution in [0, 0.1) is 10.1 Å². The zero-order valence-electron chi connectivity index (χ0n) is 11.6. The lowest BCUT2D eigenvalue weighted by Crippen LogP contribution is -2.11. The average molecular weight is 286 g/mol. The SMILES string of the molecule is O=[N+]([O-])c1ccc(N[C@H](CCCO)c2ccccc2)cc1. The van der Waals surface area contributed by atoms with Crippen LogP contribution in [0.25, 0.3) is 0 Å². The Bertz CT molecular complexity index is 570. The van der Waals surface area contributed by atoms with Crippen LogP contribution in [0.5, 0.6) is 0 Å². The Hall–Kier alpha value is -2.40. The van der Waals surface area contributed by atoms with Gasteiger partial charge >= 0.3 is 0 Å². The minimum Gasteiger partial charge on any atom is -0.396 e. The van der Waals surface area contributed by atoms with Gasteiger partial charge in [-0.3, -0.25) is 10.1 Å². The number of aliphatic hydroxyl groups excluding tert-OH is 1. The van der Waals surface area contributed by atoms with Gasteiger partial charge in [-0.25, -0.2) is 0 Å². The Morgan fingerprint density at radius 3 is 2.33 bits per heavy atom. The Labute approximate surface area is 123 Å². The molecule has 2 aromatic carbocycles. The van der Waals surface area contributed by atoms with Gasteiger partial charge in [-0.1, -0.05) is 30.3 Å². The van der Waals surface area contributed by atoms with Gasteiger partial charge in [-0.15, -0.1) is 0 Å². The molecule has 21 heavy (non-hydrogen) atoms. The summed E-state index contributed by atoms with van der Waals surface area (Å²) in [6.45, 7) is 0.144. The molecule has 0 fully saturated rings. The summed E-state index contributed by atoms with van der Waals surface area (Å²) in [5.41, 5.74) is 2.03. The molecule has 0 aliphatic carbocycles. The maximum Gasteiger partial charge on any atom is 0.269 e. The van der Waals surface area contributed by atoms with Crippen LogP contribution >= 0.6 is 0 Å². The summed E-state index contributed by atoms with van der Waals surface area (Å²) in [4.78, 5) is 10.2. The van der Waals surface area contributed by atoms with E-state index < -0.39 is 4.92 Å². The summed E-state index contributed by atoms with van der Waals surface area (Å²) in [6, 6.07) is 16.4. The molecule has 0 aliphatic rings. The monoisotopic (exact) mass is 286 g/mol. The summed E-state index contributed by atoms with van der Waals surface area (Å²) in [7, 11) is 0.